The summed E-state index contributed by atoms with van der Waals surface area (Å²) < 4.78 is 0. The van der Waals surface area contributed by atoms with Gasteiger partial charge in [-0.2, -0.15) is 0 Å². The second kappa shape index (κ2) is 6.89. The predicted molar refractivity (Wildman–Crippen MR) is 75.7 cm³/mol. The van der Waals surface area contributed by atoms with Crippen LogP contribution in [0.2, 0.25) is 0 Å². The monoisotopic (exact) mass is 272 g/mol. The maximum atomic E-state index is 11.8. The first kappa shape index (κ1) is 17.9. The molecular weight excluding hydrogens is 244 g/mol. The lowest BCUT2D eigenvalue weighted by Gasteiger charge is -2.29. The molecule has 0 aromatic heterocycles. The smallest absolute Gasteiger partial charge is 0.326 e. The molecule has 1 unspecified atom stereocenters. The molecule has 5 heteroatoms. The lowest BCUT2D eigenvalue weighted by molar-refractivity contribution is -0.145. The Morgan fingerprint density at radius 1 is 1.16 bits per heavy atom. The number of carboxylic acid groups (broad SMARTS) is 1. The third-order valence-electron chi connectivity index (χ3n) is 3.27. The van der Waals surface area contributed by atoms with Crippen LogP contribution in [0.5, 0.6) is 0 Å². The van der Waals surface area contributed by atoms with Crippen LogP contribution in [-0.2, 0) is 9.59 Å². The lowest BCUT2D eigenvalue weighted by atomic mass is 9.83. The second-order valence-corrected chi connectivity index (χ2v) is 6.91. The number of rotatable bonds is 7. The molecule has 0 fully saturated rings. The van der Waals surface area contributed by atoms with E-state index in [1.165, 1.54) is 0 Å². The van der Waals surface area contributed by atoms with Crippen molar-refractivity contribution in [2.75, 3.05) is 6.54 Å². The summed E-state index contributed by atoms with van der Waals surface area (Å²) in [7, 11) is 0. The summed E-state index contributed by atoms with van der Waals surface area (Å²) in [5, 5.41) is 11.7. The van der Waals surface area contributed by atoms with E-state index < -0.39 is 17.4 Å². The Labute approximate surface area is 115 Å². The molecule has 0 spiro atoms. The van der Waals surface area contributed by atoms with Crippen molar-refractivity contribution >= 4 is 11.9 Å². The van der Waals surface area contributed by atoms with Crippen molar-refractivity contribution in [2.45, 2.75) is 59.9 Å². The summed E-state index contributed by atoms with van der Waals surface area (Å²) in [5.41, 5.74) is 5.02. The number of nitrogens with one attached hydrogen (secondary N) is 1. The fraction of sp³-hybridized carbons (Fsp3) is 0.857. The van der Waals surface area contributed by atoms with Crippen molar-refractivity contribution in [3.8, 4) is 0 Å². The van der Waals surface area contributed by atoms with Gasteiger partial charge in [0.05, 0.1) is 0 Å². The van der Waals surface area contributed by atoms with E-state index in [4.69, 9.17) is 10.8 Å². The zero-order valence-corrected chi connectivity index (χ0v) is 12.7. The third kappa shape index (κ3) is 7.15. The topological polar surface area (TPSA) is 92.4 Å². The number of carbonyl (C=O) groups excluding carboxylic acids is 1. The number of amides is 1. The van der Waals surface area contributed by atoms with E-state index in [9.17, 15) is 9.59 Å². The molecule has 0 saturated carbocycles. The van der Waals surface area contributed by atoms with Crippen LogP contribution < -0.4 is 11.1 Å². The van der Waals surface area contributed by atoms with Gasteiger partial charge >= 0.3 is 5.97 Å². The molecule has 0 radical (unpaired) electrons. The van der Waals surface area contributed by atoms with Crippen LogP contribution in [0.15, 0.2) is 0 Å². The van der Waals surface area contributed by atoms with Gasteiger partial charge in [0.2, 0.25) is 5.91 Å². The number of carbonyl (C=O) groups is 2. The summed E-state index contributed by atoms with van der Waals surface area (Å²) in [4.78, 5) is 23.0. The van der Waals surface area contributed by atoms with Crippen molar-refractivity contribution < 1.29 is 14.7 Å². The molecule has 0 aliphatic heterocycles. The fourth-order valence-corrected chi connectivity index (χ4v) is 1.85. The Morgan fingerprint density at radius 2 is 1.68 bits per heavy atom. The molecule has 4 N–H and O–H groups in total. The molecule has 0 aliphatic rings. The van der Waals surface area contributed by atoms with Crippen LogP contribution in [0, 0.1) is 10.8 Å². The highest BCUT2D eigenvalue weighted by Crippen LogP contribution is 2.26. The largest absolute Gasteiger partial charge is 0.480 e. The van der Waals surface area contributed by atoms with Gasteiger partial charge < -0.3 is 16.2 Å². The molecule has 0 bridgehead atoms. The molecule has 5 nitrogen and oxygen atoms in total. The molecule has 1 atom stereocenters. The van der Waals surface area contributed by atoms with Gasteiger partial charge in [0, 0.05) is 6.42 Å². The Bertz CT molecular complexity index is 319. The third-order valence-corrected chi connectivity index (χ3v) is 3.27. The van der Waals surface area contributed by atoms with Gasteiger partial charge in [0.15, 0.2) is 0 Å². The maximum absolute atomic E-state index is 11.8. The first-order valence-corrected chi connectivity index (χ1v) is 6.72. The lowest BCUT2D eigenvalue weighted by Crippen LogP contribution is -2.49. The zero-order chi connectivity index (χ0) is 15.3. The van der Waals surface area contributed by atoms with Crippen molar-refractivity contribution in [1.29, 1.82) is 0 Å². The van der Waals surface area contributed by atoms with Gasteiger partial charge in [0.1, 0.15) is 6.04 Å². The average molecular weight is 272 g/mol. The molecule has 0 aliphatic carbocycles. The van der Waals surface area contributed by atoms with Crippen molar-refractivity contribution in [2.24, 2.45) is 16.6 Å². The van der Waals surface area contributed by atoms with Gasteiger partial charge in [-0.05, 0) is 30.2 Å². The standard InChI is InChI=1S/C14H28N2O3/c1-13(2,3)11(12(18)19)16-10(17)6-7-14(4,5)8-9-15/h11H,6-9,15H2,1-5H3,(H,16,17)(H,18,19). The predicted octanol–water partition coefficient (Wildman–Crippen LogP) is 1.76. The van der Waals surface area contributed by atoms with Crippen LogP contribution in [0.25, 0.3) is 0 Å². The fourth-order valence-electron chi connectivity index (χ4n) is 1.85. The van der Waals surface area contributed by atoms with E-state index in [1.807, 2.05) is 0 Å². The molecule has 0 aromatic carbocycles. The number of carboxylic acids is 1. The molecule has 0 aromatic rings. The van der Waals surface area contributed by atoms with Crippen LogP contribution in [0.3, 0.4) is 0 Å². The summed E-state index contributed by atoms with van der Waals surface area (Å²) in [6.45, 7) is 10.1. The van der Waals surface area contributed by atoms with E-state index in [0.717, 1.165) is 6.42 Å². The Kier molecular flexibility index (Phi) is 6.49. The van der Waals surface area contributed by atoms with Crippen LogP contribution in [-0.4, -0.2) is 29.6 Å². The highest BCUT2D eigenvalue weighted by Gasteiger charge is 2.32. The minimum absolute atomic E-state index is 0.00649. The summed E-state index contributed by atoms with van der Waals surface area (Å²) in [6, 6.07) is -0.863. The average Bonchev–Trinajstić information content (AvgIpc) is 2.21. The zero-order valence-electron chi connectivity index (χ0n) is 12.7. The van der Waals surface area contributed by atoms with E-state index >= 15 is 0 Å². The SMILES string of the molecule is CC(C)(CCN)CCC(=O)NC(C(=O)O)C(C)(C)C. The van der Waals surface area contributed by atoms with Gasteiger partial charge in [-0.1, -0.05) is 34.6 Å². The van der Waals surface area contributed by atoms with Crippen LogP contribution in [0.1, 0.15) is 53.9 Å². The second-order valence-electron chi connectivity index (χ2n) is 6.91. The number of hydrogen-bond donors (Lipinski definition) is 3. The van der Waals surface area contributed by atoms with Crippen LogP contribution >= 0.6 is 0 Å². The molecule has 0 heterocycles. The van der Waals surface area contributed by atoms with Crippen molar-refractivity contribution in [3.05, 3.63) is 0 Å². The van der Waals surface area contributed by atoms with Crippen LogP contribution in [0.4, 0.5) is 0 Å². The number of aliphatic carboxylic acids is 1. The van der Waals surface area contributed by atoms with Crippen molar-refractivity contribution in [3.63, 3.8) is 0 Å². The van der Waals surface area contributed by atoms with E-state index in [0.29, 0.717) is 19.4 Å². The first-order valence-electron chi connectivity index (χ1n) is 6.72. The maximum Gasteiger partial charge on any atom is 0.326 e. The minimum atomic E-state index is -0.998. The van der Waals surface area contributed by atoms with E-state index in [-0.39, 0.29) is 11.3 Å². The van der Waals surface area contributed by atoms with Crippen molar-refractivity contribution in [1.82, 2.24) is 5.32 Å². The van der Waals surface area contributed by atoms with Gasteiger partial charge in [-0.25, -0.2) is 4.79 Å². The highest BCUT2D eigenvalue weighted by molar-refractivity contribution is 5.84. The van der Waals surface area contributed by atoms with E-state index in [1.54, 1.807) is 20.8 Å². The van der Waals surface area contributed by atoms with Gasteiger partial charge in [-0.15, -0.1) is 0 Å². The van der Waals surface area contributed by atoms with Gasteiger partial charge in [-0.3, -0.25) is 4.79 Å². The molecular formula is C14H28N2O3. The highest BCUT2D eigenvalue weighted by atomic mass is 16.4. The minimum Gasteiger partial charge on any atom is -0.480 e. The summed E-state index contributed by atoms with van der Waals surface area (Å²) >= 11 is 0. The first-order chi connectivity index (χ1) is 8.49. The molecule has 112 valence electrons. The molecule has 19 heavy (non-hydrogen) atoms. The van der Waals surface area contributed by atoms with Gasteiger partial charge in [0.25, 0.3) is 0 Å². The van der Waals surface area contributed by atoms with E-state index in [2.05, 4.69) is 19.2 Å². The summed E-state index contributed by atoms with van der Waals surface area (Å²) in [5.74, 6) is -1.21. The molecule has 0 rings (SSSR count). The Hall–Kier alpha value is -1.10. The Balaban J connectivity index is 4.41. The quantitative estimate of drug-likeness (QED) is 0.658. The molecule has 0 saturated heterocycles. The number of hydrogen-bond acceptors (Lipinski definition) is 3. The number of nitrogens with two attached hydrogens (primary N) is 1. The Morgan fingerprint density at radius 3 is 2.05 bits per heavy atom. The molecule has 1 amide bonds. The normalized spacial score (nSPS) is 14.0. The summed E-state index contributed by atoms with van der Waals surface area (Å²) in [6.07, 6.45) is 1.88.